The van der Waals surface area contributed by atoms with Gasteiger partial charge in [-0.15, -0.1) is 0 Å². The number of anilines is 3. The van der Waals surface area contributed by atoms with Crippen molar-refractivity contribution in [3.63, 3.8) is 0 Å². The Kier molecular flexibility index (Phi) is 7.36. The van der Waals surface area contributed by atoms with Gasteiger partial charge in [-0.2, -0.15) is 0 Å². The lowest BCUT2D eigenvalue weighted by Gasteiger charge is -2.33. The SMILES string of the molecule is CS(=O)(=O)Nc1ccccc1-c1ccc(N2CCC[C@@H](NC(=O)Nc3cnc(Cl)cn3)C2=O)c(F)c1. The number of nitrogens with zero attached hydrogens (tertiary/aromatic N) is 3. The lowest BCUT2D eigenvalue weighted by Crippen LogP contribution is -2.53. The zero-order valence-electron chi connectivity index (χ0n) is 19.0. The van der Waals surface area contributed by atoms with Crippen molar-refractivity contribution in [1.82, 2.24) is 15.3 Å². The molecule has 10 nitrogen and oxygen atoms in total. The summed E-state index contributed by atoms with van der Waals surface area (Å²) in [5.74, 6) is -0.953. The maximum absolute atomic E-state index is 15.2. The fourth-order valence-corrected chi connectivity index (χ4v) is 4.53. The van der Waals surface area contributed by atoms with Crippen LogP contribution in [0.5, 0.6) is 0 Å². The summed E-state index contributed by atoms with van der Waals surface area (Å²) >= 11 is 5.68. The van der Waals surface area contributed by atoms with Gasteiger partial charge in [-0.1, -0.05) is 35.9 Å². The number of sulfonamides is 1. The Balaban J connectivity index is 1.50. The van der Waals surface area contributed by atoms with Crippen LogP contribution in [0.3, 0.4) is 0 Å². The van der Waals surface area contributed by atoms with Crippen molar-refractivity contribution < 1.29 is 22.4 Å². The maximum Gasteiger partial charge on any atom is 0.321 e. The van der Waals surface area contributed by atoms with Crippen molar-refractivity contribution in [2.45, 2.75) is 18.9 Å². The van der Waals surface area contributed by atoms with Gasteiger partial charge in [0.25, 0.3) is 0 Å². The quantitative estimate of drug-likeness (QED) is 0.444. The average molecular weight is 533 g/mol. The molecule has 3 amide bonds. The number of para-hydroxylation sites is 1. The van der Waals surface area contributed by atoms with Crippen LogP contribution in [0.25, 0.3) is 11.1 Å². The molecule has 1 aromatic heterocycles. The van der Waals surface area contributed by atoms with E-state index in [1.807, 2.05) is 0 Å². The molecule has 4 rings (SSSR count). The number of rotatable bonds is 6. The summed E-state index contributed by atoms with van der Waals surface area (Å²) in [5, 5.41) is 5.23. The molecular formula is C23H22ClFN6O4S. The van der Waals surface area contributed by atoms with Gasteiger partial charge in [-0.25, -0.2) is 27.6 Å². The highest BCUT2D eigenvalue weighted by Gasteiger charge is 2.32. The van der Waals surface area contributed by atoms with Crippen LogP contribution in [-0.2, 0) is 14.8 Å². The van der Waals surface area contributed by atoms with E-state index in [0.29, 0.717) is 29.7 Å². The summed E-state index contributed by atoms with van der Waals surface area (Å²) in [6.45, 7) is 0.282. The fraction of sp³-hybridized carbons (Fsp3) is 0.217. The molecule has 1 fully saturated rings. The molecule has 3 aromatic rings. The molecule has 188 valence electrons. The fourth-order valence-electron chi connectivity index (χ4n) is 3.85. The minimum Gasteiger partial charge on any atom is -0.326 e. The summed E-state index contributed by atoms with van der Waals surface area (Å²) in [7, 11) is -3.54. The van der Waals surface area contributed by atoms with Gasteiger partial charge in [0, 0.05) is 12.1 Å². The Labute approximate surface area is 211 Å². The van der Waals surface area contributed by atoms with Crippen molar-refractivity contribution in [3.05, 3.63) is 65.8 Å². The predicted octanol–water partition coefficient (Wildman–Crippen LogP) is 3.62. The summed E-state index contributed by atoms with van der Waals surface area (Å²) in [4.78, 5) is 34.4. The number of halogens is 2. The van der Waals surface area contributed by atoms with Crippen LogP contribution in [0, 0.1) is 5.82 Å². The van der Waals surface area contributed by atoms with Crippen LogP contribution in [0.1, 0.15) is 12.8 Å². The molecule has 2 aromatic carbocycles. The number of amides is 3. The van der Waals surface area contributed by atoms with E-state index in [4.69, 9.17) is 11.6 Å². The van der Waals surface area contributed by atoms with Gasteiger partial charge in [-0.3, -0.25) is 14.8 Å². The van der Waals surface area contributed by atoms with E-state index in [2.05, 4.69) is 25.3 Å². The van der Waals surface area contributed by atoms with Crippen LogP contribution >= 0.6 is 11.6 Å². The van der Waals surface area contributed by atoms with E-state index in [-0.39, 0.29) is 23.2 Å². The number of piperidine rings is 1. The molecule has 0 spiro atoms. The second kappa shape index (κ2) is 10.5. The standard InChI is InChI=1S/C23H22ClFN6O4S/c1-36(34,35)30-17-6-3-2-5-15(17)14-8-9-19(16(25)11-14)31-10-4-7-18(22(31)32)28-23(33)29-21-13-26-20(24)12-27-21/h2-3,5-6,8-9,11-13,18,30H,4,7,10H2,1H3,(H2,27,28,29,33)/t18-/m1/s1. The molecule has 0 aliphatic carbocycles. The van der Waals surface area contributed by atoms with Crippen LogP contribution in [-0.4, -0.2) is 49.2 Å². The molecule has 0 saturated carbocycles. The molecule has 0 bridgehead atoms. The maximum atomic E-state index is 15.2. The highest BCUT2D eigenvalue weighted by Crippen LogP contribution is 2.33. The zero-order valence-corrected chi connectivity index (χ0v) is 20.6. The second-order valence-corrected chi connectivity index (χ2v) is 10.2. The van der Waals surface area contributed by atoms with Gasteiger partial charge in [0.05, 0.1) is 30.0 Å². The van der Waals surface area contributed by atoms with Crippen molar-refractivity contribution in [1.29, 1.82) is 0 Å². The Morgan fingerprint density at radius 1 is 1.17 bits per heavy atom. The number of hydrogen-bond acceptors (Lipinski definition) is 6. The molecule has 36 heavy (non-hydrogen) atoms. The number of aromatic nitrogens is 2. The molecule has 1 aliphatic heterocycles. The Morgan fingerprint density at radius 3 is 2.64 bits per heavy atom. The highest BCUT2D eigenvalue weighted by molar-refractivity contribution is 7.92. The molecule has 3 N–H and O–H groups in total. The molecule has 13 heteroatoms. The number of benzene rings is 2. The number of nitrogens with one attached hydrogen (secondary N) is 3. The van der Waals surface area contributed by atoms with Crippen LogP contribution < -0.4 is 20.3 Å². The van der Waals surface area contributed by atoms with Gasteiger partial charge in [0.1, 0.15) is 17.0 Å². The van der Waals surface area contributed by atoms with Crippen molar-refractivity contribution in [2.75, 3.05) is 27.7 Å². The van der Waals surface area contributed by atoms with E-state index >= 15 is 4.39 Å². The van der Waals surface area contributed by atoms with Crippen molar-refractivity contribution >= 4 is 50.8 Å². The number of hydrogen-bond donors (Lipinski definition) is 3. The summed E-state index contributed by atoms with van der Waals surface area (Å²) in [6.07, 6.45) is 4.51. The normalized spacial score (nSPS) is 15.9. The first kappa shape index (κ1) is 25.3. The van der Waals surface area contributed by atoms with Gasteiger partial charge >= 0.3 is 6.03 Å². The van der Waals surface area contributed by atoms with Crippen molar-refractivity contribution in [2.24, 2.45) is 0 Å². The zero-order chi connectivity index (χ0) is 25.9. The first-order valence-electron chi connectivity index (χ1n) is 10.8. The third-order valence-electron chi connectivity index (χ3n) is 5.38. The van der Waals surface area contributed by atoms with Crippen LogP contribution in [0.4, 0.5) is 26.4 Å². The predicted molar refractivity (Wildman–Crippen MR) is 135 cm³/mol. The topological polar surface area (TPSA) is 133 Å². The second-order valence-electron chi connectivity index (χ2n) is 8.09. The van der Waals surface area contributed by atoms with Crippen molar-refractivity contribution in [3.8, 4) is 11.1 Å². The highest BCUT2D eigenvalue weighted by atomic mass is 35.5. The van der Waals surface area contributed by atoms with E-state index in [9.17, 15) is 18.0 Å². The number of carbonyl (C=O) groups excluding carboxylic acids is 2. The molecule has 1 saturated heterocycles. The van der Waals surface area contributed by atoms with E-state index < -0.39 is 33.8 Å². The molecule has 1 aliphatic rings. The third-order valence-corrected chi connectivity index (χ3v) is 6.16. The Morgan fingerprint density at radius 2 is 1.94 bits per heavy atom. The average Bonchev–Trinajstić information content (AvgIpc) is 2.81. The molecule has 1 atom stereocenters. The monoisotopic (exact) mass is 532 g/mol. The van der Waals surface area contributed by atoms with Gasteiger partial charge in [-0.05, 0) is 36.6 Å². The van der Waals surface area contributed by atoms with Crippen LogP contribution in [0.2, 0.25) is 5.15 Å². The molecule has 2 heterocycles. The van der Waals surface area contributed by atoms with Gasteiger partial charge in [0.15, 0.2) is 5.82 Å². The summed E-state index contributed by atoms with van der Waals surface area (Å²) in [5.41, 5.74) is 1.29. The largest absolute Gasteiger partial charge is 0.326 e. The summed E-state index contributed by atoms with van der Waals surface area (Å²) < 4.78 is 41.0. The number of carbonyl (C=O) groups is 2. The number of urea groups is 1. The Hall–Kier alpha value is -3.77. The Bertz CT molecular complexity index is 1400. The molecule has 0 unspecified atom stereocenters. The lowest BCUT2D eigenvalue weighted by molar-refractivity contribution is -0.121. The lowest BCUT2D eigenvalue weighted by atomic mass is 10.0. The minimum absolute atomic E-state index is 0.0628. The smallest absolute Gasteiger partial charge is 0.321 e. The molecule has 0 radical (unpaired) electrons. The van der Waals surface area contributed by atoms with Crippen LogP contribution in [0.15, 0.2) is 54.9 Å². The van der Waals surface area contributed by atoms with E-state index in [1.165, 1.54) is 29.4 Å². The first-order valence-corrected chi connectivity index (χ1v) is 13.1. The summed E-state index contributed by atoms with van der Waals surface area (Å²) in [6, 6.07) is 9.41. The minimum atomic E-state index is -3.54. The van der Waals surface area contributed by atoms with E-state index in [0.717, 1.165) is 6.26 Å². The first-order chi connectivity index (χ1) is 17.1. The van der Waals surface area contributed by atoms with Gasteiger partial charge < -0.3 is 10.2 Å². The van der Waals surface area contributed by atoms with Gasteiger partial charge in [0.2, 0.25) is 15.9 Å². The van der Waals surface area contributed by atoms with E-state index in [1.54, 1.807) is 30.3 Å². The third kappa shape index (κ3) is 6.07. The molecular weight excluding hydrogens is 511 g/mol.